The van der Waals surface area contributed by atoms with Gasteiger partial charge in [0.25, 0.3) is 0 Å². The first-order chi connectivity index (χ1) is 16.7. The zero-order chi connectivity index (χ0) is 24.3. The van der Waals surface area contributed by atoms with Crippen molar-refractivity contribution in [2.24, 2.45) is 5.92 Å². The molecule has 3 heteroatoms. The quantitative estimate of drug-likeness (QED) is 0.115. The standard InChI is InChI=1S/C31H50O3/c1-3-5-13-16-27-17-19-28(20-18-27)29-21-23-30(24-22-29)33-25-14-11-9-7-6-8-10-12-15-26-34-31(32)4-2/h4,21-24,27-28H,2-3,5-20,25-26H2,1H3/t27-,28-. The number of esters is 1. The van der Waals surface area contributed by atoms with Crippen LogP contribution in [0.2, 0.25) is 0 Å². The summed E-state index contributed by atoms with van der Waals surface area (Å²) in [6, 6.07) is 8.98. The van der Waals surface area contributed by atoms with Crippen LogP contribution in [-0.4, -0.2) is 19.2 Å². The maximum Gasteiger partial charge on any atom is 0.330 e. The number of unbranched alkanes of at least 4 members (excludes halogenated alkanes) is 10. The van der Waals surface area contributed by atoms with Crippen LogP contribution in [0.4, 0.5) is 0 Å². The van der Waals surface area contributed by atoms with Crippen LogP contribution in [0, 0.1) is 5.92 Å². The lowest BCUT2D eigenvalue weighted by atomic mass is 9.77. The number of hydrogen-bond acceptors (Lipinski definition) is 3. The fourth-order valence-electron chi connectivity index (χ4n) is 5.17. The molecule has 0 bridgehead atoms. The van der Waals surface area contributed by atoms with E-state index in [2.05, 4.69) is 37.8 Å². The van der Waals surface area contributed by atoms with Crippen LogP contribution in [0.1, 0.15) is 128 Å². The van der Waals surface area contributed by atoms with Crippen molar-refractivity contribution in [3.8, 4) is 5.75 Å². The van der Waals surface area contributed by atoms with Crippen LogP contribution >= 0.6 is 0 Å². The Morgan fingerprint density at radius 3 is 2.00 bits per heavy atom. The van der Waals surface area contributed by atoms with Crippen molar-refractivity contribution in [1.82, 2.24) is 0 Å². The predicted octanol–water partition coefficient (Wildman–Crippen LogP) is 9.16. The molecule has 0 atom stereocenters. The number of rotatable bonds is 19. The second kappa shape index (κ2) is 18.5. The van der Waals surface area contributed by atoms with Crippen LogP contribution in [0.25, 0.3) is 0 Å². The molecule has 1 aliphatic rings. The minimum Gasteiger partial charge on any atom is -0.494 e. The largest absolute Gasteiger partial charge is 0.494 e. The summed E-state index contributed by atoms with van der Waals surface area (Å²) in [7, 11) is 0. The lowest BCUT2D eigenvalue weighted by Crippen LogP contribution is -2.13. The van der Waals surface area contributed by atoms with E-state index >= 15 is 0 Å². The van der Waals surface area contributed by atoms with Gasteiger partial charge in [0.05, 0.1) is 13.2 Å². The monoisotopic (exact) mass is 470 g/mol. The maximum atomic E-state index is 10.9. The van der Waals surface area contributed by atoms with E-state index in [1.807, 2.05) is 0 Å². The van der Waals surface area contributed by atoms with Gasteiger partial charge in [0.1, 0.15) is 5.75 Å². The van der Waals surface area contributed by atoms with Gasteiger partial charge in [0.2, 0.25) is 0 Å². The molecule has 1 aromatic rings. The number of hydrogen-bond donors (Lipinski definition) is 0. The van der Waals surface area contributed by atoms with Crippen molar-refractivity contribution in [3.05, 3.63) is 42.5 Å². The molecular weight excluding hydrogens is 420 g/mol. The van der Waals surface area contributed by atoms with Crippen molar-refractivity contribution in [1.29, 1.82) is 0 Å². The summed E-state index contributed by atoms with van der Waals surface area (Å²) in [5, 5.41) is 0. The van der Waals surface area contributed by atoms with Crippen molar-refractivity contribution >= 4 is 5.97 Å². The Morgan fingerprint density at radius 1 is 0.824 bits per heavy atom. The highest BCUT2D eigenvalue weighted by atomic mass is 16.5. The Bertz CT molecular complexity index is 643. The molecule has 2 rings (SSSR count). The van der Waals surface area contributed by atoms with Crippen molar-refractivity contribution in [2.75, 3.05) is 13.2 Å². The molecule has 0 unspecified atom stereocenters. The van der Waals surface area contributed by atoms with Gasteiger partial charge in [-0.15, -0.1) is 0 Å². The van der Waals surface area contributed by atoms with Crippen LogP contribution < -0.4 is 4.74 Å². The summed E-state index contributed by atoms with van der Waals surface area (Å²) in [5.41, 5.74) is 1.51. The van der Waals surface area contributed by atoms with Crippen LogP contribution in [0.5, 0.6) is 5.75 Å². The summed E-state index contributed by atoms with van der Waals surface area (Å²) >= 11 is 0. The fraction of sp³-hybridized carbons (Fsp3) is 0.710. The van der Waals surface area contributed by atoms with Crippen molar-refractivity contribution < 1.29 is 14.3 Å². The second-order valence-electron chi connectivity index (χ2n) is 10.2. The van der Waals surface area contributed by atoms with Gasteiger partial charge in [0, 0.05) is 6.08 Å². The molecule has 1 fully saturated rings. The molecule has 3 nitrogen and oxygen atoms in total. The van der Waals surface area contributed by atoms with Crippen molar-refractivity contribution in [2.45, 2.75) is 122 Å². The molecule has 1 aromatic carbocycles. The highest BCUT2D eigenvalue weighted by molar-refractivity contribution is 5.81. The molecule has 192 valence electrons. The lowest BCUT2D eigenvalue weighted by Gasteiger charge is -2.29. The third-order valence-corrected chi connectivity index (χ3v) is 7.38. The smallest absolute Gasteiger partial charge is 0.330 e. The van der Waals surface area contributed by atoms with Gasteiger partial charge in [-0.1, -0.05) is 96.3 Å². The minimum atomic E-state index is -0.313. The lowest BCUT2D eigenvalue weighted by molar-refractivity contribution is -0.137. The van der Waals surface area contributed by atoms with E-state index in [9.17, 15) is 4.79 Å². The number of ether oxygens (including phenoxy) is 2. The molecular formula is C31H50O3. The van der Waals surface area contributed by atoms with Gasteiger partial charge in [-0.2, -0.15) is 0 Å². The molecule has 1 aliphatic carbocycles. The van der Waals surface area contributed by atoms with Gasteiger partial charge in [-0.3, -0.25) is 0 Å². The molecule has 0 N–H and O–H groups in total. The van der Waals surface area contributed by atoms with Gasteiger partial charge in [-0.05, 0) is 68.1 Å². The Kier molecular flexibility index (Phi) is 15.5. The Morgan fingerprint density at radius 2 is 1.41 bits per heavy atom. The molecule has 34 heavy (non-hydrogen) atoms. The number of carbonyl (C=O) groups excluding carboxylic acids is 1. The normalized spacial score (nSPS) is 17.9. The van der Waals surface area contributed by atoms with E-state index < -0.39 is 0 Å². The predicted molar refractivity (Wildman–Crippen MR) is 143 cm³/mol. The SMILES string of the molecule is C=CC(=O)OCCCCCCCCCCCOc1ccc([C@H]2CC[C@H](CCCCC)CC2)cc1. The fourth-order valence-corrected chi connectivity index (χ4v) is 5.17. The first-order valence-corrected chi connectivity index (χ1v) is 14.2. The van der Waals surface area contributed by atoms with E-state index in [4.69, 9.17) is 9.47 Å². The molecule has 0 heterocycles. The topological polar surface area (TPSA) is 35.5 Å². The van der Waals surface area contributed by atoms with Gasteiger partial charge in [0.15, 0.2) is 0 Å². The van der Waals surface area contributed by atoms with Crippen LogP contribution in [0.15, 0.2) is 36.9 Å². The number of carbonyl (C=O) groups is 1. The Labute approximate surface area is 209 Å². The van der Waals surface area contributed by atoms with E-state index in [1.54, 1.807) is 0 Å². The average Bonchev–Trinajstić information content (AvgIpc) is 2.87. The highest BCUT2D eigenvalue weighted by Gasteiger charge is 2.22. The van der Waals surface area contributed by atoms with E-state index in [1.165, 1.54) is 102 Å². The summed E-state index contributed by atoms with van der Waals surface area (Å²) < 4.78 is 11.0. The molecule has 1 saturated carbocycles. The summed E-state index contributed by atoms with van der Waals surface area (Å²) in [5.74, 6) is 2.44. The van der Waals surface area contributed by atoms with Crippen molar-refractivity contribution in [3.63, 3.8) is 0 Å². The molecule has 0 aliphatic heterocycles. The van der Waals surface area contributed by atoms with Gasteiger partial charge in [-0.25, -0.2) is 4.79 Å². The summed E-state index contributed by atoms with van der Waals surface area (Å²) in [4.78, 5) is 10.9. The van der Waals surface area contributed by atoms with Crippen LogP contribution in [0.3, 0.4) is 0 Å². The Hall–Kier alpha value is -1.77. The average molecular weight is 471 g/mol. The van der Waals surface area contributed by atoms with E-state index in [-0.39, 0.29) is 5.97 Å². The van der Waals surface area contributed by atoms with E-state index in [0.29, 0.717) is 6.61 Å². The first kappa shape index (κ1) is 28.5. The summed E-state index contributed by atoms with van der Waals surface area (Å²) in [6.07, 6.45) is 23.3. The first-order valence-electron chi connectivity index (χ1n) is 14.2. The van der Waals surface area contributed by atoms with Gasteiger partial charge >= 0.3 is 5.97 Å². The van der Waals surface area contributed by atoms with Crippen LogP contribution in [-0.2, 0) is 9.53 Å². The third-order valence-electron chi connectivity index (χ3n) is 7.38. The second-order valence-corrected chi connectivity index (χ2v) is 10.2. The summed E-state index contributed by atoms with van der Waals surface area (Å²) in [6.45, 7) is 7.04. The zero-order valence-electron chi connectivity index (χ0n) is 21.9. The Balaban J connectivity index is 1.43. The third kappa shape index (κ3) is 12.6. The zero-order valence-corrected chi connectivity index (χ0v) is 21.9. The molecule has 0 spiro atoms. The molecule has 0 aromatic heterocycles. The maximum absolute atomic E-state index is 10.9. The molecule has 0 radical (unpaired) electrons. The molecule has 0 amide bonds. The minimum absolute atomic E-state index is 0.313. The molecule has 0 saturated heterocycles. The number of benzene rings is 1. The van der Waals surface area contributed by atoms with Gasteiger partial charge < -0.3 is 9.47 Å². The highest BCUT2D eigenvalue weighted by Crippen LogP contribution is 2.38. The van der Waals surface area contributed by atoms with E-state index in [0.717, 1.165) is 43.5 Å².